The topological polar surface area (TPSA) is 73.6 Å². The minimum atomic E-state index is -0.240. The number of hydrogen-bond donors (Lipinski definition) is 1. The maximum atomic E-state index is 12.6. The maximum Gasteiger partial charge on any atom is 0.248 e. The molecule has 2 aromatic carbocycles. The van der Waals surface area contributed by atoms with Crippen molar-refractivity contribution in [1.82, 2.24) is 4.98 Å². The van der Waals surface area contributed by atoms with Crippen molar-refractivity contribution in [2.45, 2.75) is 13.8 Å². The fraction of sp³-hybridized carbons (Fsp3) is 0.154. The van der Waals surface area contributed by atoms with Crippen LogP contribution in [0.15, 0.2) is 71.6 Å². The van der Waals surface area contributed by atoms with Gasteiger partial charge in [0.15, 0.2) is 0 Å². The number of aromatic nitrogens is 1. The highest BCUT2D eigenvalue weighted by molar-refractivity contribution is 6.05. The highest BCUT2D eigenvalue weighted by atomic mass is 16.5. The lowest BCUT2D eigenvalue weighted by Crippen LogP contribution is -2.08. The molecule has 0 radical (unpaired) electrons. The highest BCUT2D eigenvalue weighted by Crippen LogP contribution is 2.41. The van der Waals surface area contributed by atoms with Gasteiger partial charge >= 0.3 is 0 Å². The molecular weight excluding hydrogens is 404 g/mol. The zero-order valence-electron chi connectivity index (χ0n) is 18.4. The number of ether oxygens (including phenoxy) is 2. The van der Waals surface area contributed by atoms with Gasteiger partial charge in [0.1, 0.15) is 17.1 Å². The number of nitrogens with one attached hydrogen (secondary N) is 1. The van der Waals surface area contributed by atoms with Crippen LogP contribution in [-0.4, -0.2) is 25.1 Å². The summed E-state index contributed by atoms with van der Waals surface area (Å²) in [5, 5.41) is 3.76. The van der Waals surface area contributed by atoms with Crippen LogP contribution in [0.5, 0.6) is 11.5 Å². The number of methoxy groups -OCH3 is 2. The van der Waals surface area contributed by atoms with Gasteiger partial charge in [-0.1, -0.05) is 12.1 Å². The summed E-state index contributed by atoms with van der Waals surface area (Å²) in [6.07, 6.45) is 6.55. The molecule has 0 saturated heterocycles. The number of amides is 1. The molecule has 0 fully saturated rings. The van der Waals surface area contributed by atoms with Crippen molar-refractivity contribution in [3.8, 4) is 22.6 Å². The van der Waals surface area contributed by atoms with Gasteiger partial charge in [0.05, 0.1) is 32.4 Å². The summed E-state index contributed by atoms with van der Waals surface area (Å²) >= 11 is 0. The maximum absolute atomic E-state index is 12.6. The molecule has 0 spiro atoms. The Morgan fingerprint density at radius 1 is 1.12 bits per heavy atom. The second kappa shape index (κ2) is 8.98. The Morgan fingerprint density at radius 3 is 2.69 bits per heavy atom. The average molecular weight is 428 g/mol. The molecule has 32 heavy (non-hydrogen) atoms. The Kier molecular flexibility index (Phi) is 5.94. The van der Waals surface area contributed by atoms with Gasteiger partial charge in [-0.2, -0.15) is 0 Å². The summed E-state index contributed by atoms with van der Waals surface area (Å²) in [6.45, 7) is 3.84. The fourth-order valence-corrected chi connectivity index (χ4v) is 3.78. The number of carbonyl (C=O) groups is 1. The Labute approximate surface area is 186 Å². The van der Waals surface area contributed by atoms with E-state index < -0.39 is 0 Å². The summed E-state index contributed by atoms with van der Waals surface area (Å²) < 4.78 is 17.0. The van der Waals surface area contributed by atoms with Crippen molar-refractivity contribution in [3.63, 3.8) is 0 Å². The predicted octanol–water partition coefficient (Wildman–Crippen LogP) is 5.86. The zero-order chi connectivity index (χ0) is 22.7. The second-order valence-corrected chi connectivity index (χ2v) is 7.40. The molecule has 0 aliphatic rings. The van der Waals surface area contributed by atoms with Gasteiger partial charge in [0, 0.05) is 34.3 Å². The number of fused-ring (bicyclic) bond motifs is 1. The smallest absolute Gasteiger partial charge is 0.248 e. The molecule has 2 aromatic heterocycles. The third-order valence-electron chi connectivity index (χ3n) is 5.33. The van der Waals surface area contributed by atoms with Crippen LogP contribution >= 0.6 is 0 Å². The van der Waals surface area contributed by atoms with E-state index in [0.29, 0.717) is 11.4 Å². The number of hydrogen-bond acceptors (Lipinski definition) is 5. The van der Waals surface area contributed by atoms with Crippen LogP contribution in [-0.2, 0) is 4.79 Å². The van der Waals surface area contributed by atoms with Crippen molar-refractivity contribution in [2.75, 3.05) is 19.5 Å². The molecule has 0 atom stereocenters. The SMILES string of the molecule is COc1cccc(-c2coc3c(C)c(OC)c(/C(C)=C/C(=O)Nc4cccnc4)cc23)c1. The molecule has 0 bridgehead atoms. The number of pyridine rings is 1. The number of rotatable bonds is 6. The number of nitrogens with zero attached hydrogens (tertiary/aromatic N) is 1. The first-order valence-corrected chi connectivity index (χ1v) is 10.1. The Morgan fingerprint density at radius 2 is 1.97 bits per heavy atom. The number of carbonyl (C=O) groups excluding carboxylic acids is 1. The summed E-state index contributed by atoms with van der Waals surface area (Å²) in [5.74, 6) is 1.20. The van der Waals surface area contributed by atoms with E-state index in [2.05, 4.69) is 10.3 Å². The lowest BCUT2D eigenvalue weighted by molar-refractivity contribution is -0.111. The minimum Gasteiger partial charge on any atom is -0.497 e. The third kappa shape index (κ3) is 4.07. The highest BCUT2D eigenvalue weighted by Gasteiger charge is 2.19. The Bertz CT molecular complexity index is 1310. The standard InChI is InChI=1S/C26H24N2O4/c1-16(11-24(29)28-19-8-6-10-27-14-19)21-13-22-23(18-7-5-9-20(12-18)30-3)15-32-26(22)17(2)25(21)31-4/h5-15H,1-4H3,(H,28,29)/b16-11+. The molecule has 0 saturated carbocycles. The Hall–Kier alpha value is -4.06. The first kappa shape index (κ1) is 21.2. The van der Waals surface area contributed by atoms with Gasteiger partial charge < -0.3 is 19.2 Å². The fourth-order valence-electron chi connectivity index (χ4n) is 3.78. The quantitative estimate of drug-likeness (QED) is 0.389. The summed E-state index contributed by atoms with van der Waals surface area (Å²) in [6, 6.07) is 13.4. The van der Waals surface area contributed by atoms with E-state index in [1.54, 1.807) is 51.1 Å². The summed E-state index contributed by atoms with van der Waals surface area (Å²) in [7, 11) is 3.26. The van der Waals surface area contributed by atoms with E-state index >= 15 is 0 Å². The van der Waals surface area contributed by atoms with Crippen LogP contribution in [0.2, 0.25) is 0 Å². The van der Waals surface area contributed by atoms with Crippen LogP contribution in [0.25, 0.3) is 27.7 Å². The van der Waals surface area contributed by atoms with Gasteiger partial charge in [-0.15, -0.1) is 0 Å². The number of benzene rings is 2. The monoisotopic (exact) mass is 428 g/mol. The lowest BCUT2D eigenvalue weighted by Gasteiger charge is -2.13. The molecule has 2 heterocycles. The molecule has 4 aromatic rings. The largest absolute Gasteiger partial charge is 0.497 e. The number of aryl methyl sites for hydroxylation is 1. The van der Waals surface area contributed by atoms with E-state index in [9.17, 15) is 4.79 Å². The van der Waals surface area contributed by atoms with Gasteiger partial charge in [-0.25, -0.2) is 0 Å². The number of furan rings is 1. The molecule has 6 nitrogen and oxygen atoms in total. The molecule has 162 valence electrons. The van der Waals surface area contributed by atoms with E-state index in [1.807, 2.05) is 44.2 Å². The van der Waals surface area contributed by atoms with Crippen molar-refractivity contribution in [1.29, 1.82) is 0 Å². The normalized spacial score (nSPS) is 11.4. The van der Waals surface area contributed by atoms with Crippen LogP contribution in [0.1, 0.15) is 18.1 Å². The molecular formula is C26H24N2O4. The van der Waals surface area contributed by atoms with Crippen molar-refractivity contribution >= 4 is 28.1 Å². The lowest BCUT2D eigenvalue weighted by atomic mass is 9.96. The van der Waals surface area contributed by atoms with Gasteiger partial charge in [0.25, 0.3) is 0 Å². The molecule has 6 heteroatoms. The van der Waals surface area contributed by atoms with Gasteiger partial charge in [-0.3, -0.25) is 9.78 Å². The van der Waals surface area contributed by atoms with Gasteiger partial charge in [0.2, 0.25) is 5.91 Å². The average Bonchev–Trinajstić information content (AvgIpc) is 3.24. The second-order valence-electron chi connectivity index (χ2n) is 7.40. The molecule has 0 aliphatic carbocycles. The van der Waals surface area contributed by atoms with E-state index in [-0.39, 0.29) is 5.91 Å². The van der Waals surface area contributed by atoms with Crippen molar-refractivity contribution < 1.29 is 18.7 Å². The molecule has 0 unspecified atom stereocenters. The first-order valence-electron chi connectivity index (χ1n) is 10.1. The van der Waals surface area contributed by atoms with Crippen LogP contribution in [0, 0.1) is 6.92 Å². The molecule has 1 amide bonds. The molecule has 1 N–H and O–H groups in total. The molecule has 0 aliphatic heterocycles. The minimum absolute atomic E-state index is 0.240. The van der Waals surface area contributed by atoms with Crippen LogP contribution in [0.3, 0.4) is 0 Å². The van der Waals surface area contributed by atoms with Crippen molar-refractivity contribution in [3.05, 3.63) is 78.3 Å². The van der Waals surface area contributed by atoms with E-state index in [4.69, 9.17) is 13.9 Å². The summed E-state index contributed by atoms with van der Waals surface area (Å²) in [4.78, 5) is 16.6. The predicted molar refractivity (Wildman–Crippen MR) is 126 cm³/mol. The van der Waals surface area contributed by atoms with Crippen LogP contribution in [0.4, 0.5) is 5.69 Å². The van der Waals surface area contributed by atoms with Gasteiger partial charge in [-0.05, 0) is 55.3 Å². The van der Waals surface area contributed by atoms with Crippen LogP contribution < -0.4 is 14.8 Å². The van der Waals surface area contributed by atoms with E-state index in [1.165, 1.54) is 0 Å². The Balaban J connectivity index is 1.78. The molecule has 4 rings (SSSR count). The van der Waals surface area contributed by atoms with E-state index in [0.717, 1.165) is 44.5 Å². The number of allylic oxidation sites excluding steroid dienone is 1. The third-order valence-corrected chi connectivity index (χ3v) is 5.33. The van der Waals surface area contributed by atoms with Crippen molar-refractivity contribution in [2.24, 2.45) is 0 Å². The zero-order valence-corrected chi connectivity index (χ0v) is 18.4. The number of anilines is 1. The summed E-state index contributed by atoms with van der Waals surface area (Å²) in [5.41, 5.74) is 5.77. The first-order chi connectivity index (χ1) is 15.5.